The summed E-state index contributed by atoms with van der Waals surface area (Å²) in [4.78, 5) is 24.5. The summed E-state index contributed by atoms with van der Waals surface area (Å²) < 4.78 is 8.20. The molecule has 0 aromatic carbocycles. The van der Waals surface area contributed by atoms with Gasteiger partial charge in [-0.15, -0.1) is 5.10 Å². The fourth-order valence-corrected chi connectivity index (χ4v) is 4.13. The minimum Gasteiger partial charge on any atom is -0.476 e. The summed E-state index contributed by atoms with van der Waals surface area (Å²) in [6.07, 6.45) is 2.14. The van der Waals surface area contributed by atoms with Gasteiger partial charge in [-0.2, -0.15) is 14.6 Å². The third-order valence-corrected chi connectivity index (χ3v) is 5.81. The highest BCUT2D eigenvalue weighted by atomic mass is 16.6. The van der Waals surface area contributed by atoms with Gasteiger partial charge < -0.3 is 30.5 Å². The quantitative estimate of drug-likeness (QED) is 0.313. The van der Waals surface area contributed by atoms with Crippen LogP contribution in [-0.4, -0.2) is 91.9 Å². The van der Waals surface area contributed by atoms with E-state index in [2.05, 4.69) is 30.6 Å². The maximum atomic E-state index is 11.2. The fraction of sp³-hybridized carbons (Fsp3) is 0.556. The number of fused-ring (bicyclic) bond motifs is 1. The zero-order chi connectivity index (χ0) is 22.4. The number of hydrogen-bond donors (Lipinski definition) is 5. The molecular weight excluding hydrogens is 424 g/mol. The lowest BCUT2D eigenvalue weighted by atomic mass is 10.1. The van der Waals surface area contributed by atoms with Crippen molar-refractivity contribution < 1.29 is 30.0 Å². The van der Waals surface area contributed by atoms with Crippen molar-refractivity contribution in [2.45, 2.75) is 56.3 Å². The molecule has 2 aliphatic rings. The first-order chi connectivity index (χ1) is 15.5. The smallest absolute Gasteiger partial charge is 0.358 e. The van der Waals surface area contributed by atoms with Gasteiger partial charge in [0.15, 0.2) is 28.9 Å². The first-order valence-electron chi connectivity index (χ1n) is 10.3. The van der Waals surface area contributed by atoms with Crippen LogP contribution in [0.4, 0.5) is 5.82 Å². The zero-order valence-electron chi connectivity index (χ0n) is 16.8. The Morgan fingerprint density at radius 1 is 1.22 bits per heavy atom. The summed E-state index contributed by atoms with van der Waals surface area (Å²) >= 11 is 0. The van der Waals surface area contributed by atoms with Crippen LogP contribution in [0.3, 0.4) is 0 Å². The second-order valence-corrected chi connectivity index (χ2v) is 7.90. The summed E-state index contributed by atoms with van der Waals surface area (Å²) in [6.45, 7) is -0.465. The van der Waals surface area contributed by atoms with Crippen LogP contribution < -0.4 is 5.32 Å². The van der Waals surface area contributed by atoms with Crippen molar-refractivity contribution in [1.29, 1.82) is 0 Å². The van der Waals surface area contributed by atoms with Gasteiger partial charge in [0.25, 0.3) is 5.95 Å². The number of ether oxygens (including phenoxy) is 1. The number of aliphatic hydroxyl groups is 3. The lowest BCUT2D eigenvalue weighted by molar-refractivity contribution is -0.0511. The van der Waals surface area contributed by atoms with Crippen LogP contribution in [0.5, 0.6) is 0 Å². The largest absolute Gasteiger partial charge is 0.476 e. The molecule has 32 heavy (non-hydrogen) atoms. The zero-order valence-corrected chi connectivity index (χ0v) is 16.8. The van der Waals surface area contributed by atoms with E-state index in [0.717, 1.165) is 30.4 Å². The number of aromatic carboxylic acids is 1. The number of anilines is 1. The molecule has 1 aliphatic heterocycles. The highest BCUT2D eigenvalue weighted by Crippen LogP contribution is 2.33. The van der Waals surface area contributed by atoms with Gasteiger partial charge in [0.05, 0.1) is 19.1 Å². The van der Waals surface area contributed by atoms with Crippen molar-refractivity contribution >= 4 is 23.0 Å². The van der Waals surface area contributed by atoms with Crippen LogP contribution in [0.15, 0.2) is 12.5 Å². The summed E-state index contributed by atoms with van der Waals surface area (Å²) in [7, 11) is 0. The van der Waals surface area contributed by atoms with Crippen LogP contribution in [-0.2, 0) is 4.74 Å². The van der Waals surface area contributed by atoms with E-state index in [0.29, 0.717) is 11.3 Å². The highest BCUT2D eigenvalue weighted by molar-refractivity contribution is 5.85. The van der Waals surface area contributed by atoms with E-state index in [4.69, 9.17) is 9.84 Å². The predicted octanol–water partition coefficient (Wildman–Crippen LogP) is -0.929. The van der Waals surface area contributed by atoms with E-state index < -0.39 is 37.1 Å². The van der Waals surface area contributed by atoms with Crippen LogP contribution in [0.2, 0.25) is 0 Å². The third-order valence-electron chi connectivity index (χ3n) is 5.81. The Bertz CT molecular complexity index is 1140. The number of imidazole rings is 1. The molecule has 1 saturated heterocycles. The molecular formula is C18H22N8O6. The molecule has 4 atom stereocenters. The Labute approximate surface area is 180 Å². The lowest BCUT2D eigenvalue weighted by Gasteiger charge is -2.17. The number of carbonyl (C=O) groups is 1. The molecule has 0 bridgehead atoms. The number of aliphatic hydroxyl groups excluding tert-OH is 3. The number of carboxylic acids is 1. The second kappa shape index (κ2) is 8.05. The molecule has 5 rings (SSSR count). The van der Waals surface area contributed by atoms with E-state index in [9.17, 15) is 20.1 Å². The molecule has 14 nitrogen and oxygen atoms in total. The molecule has 5 N–H and O–H groups in total. The number of nitrogens with zero attached hydrogens (tertiary/aromatic N) is 7. The van der Waals surface area contributed by atoms with Gasteiger partial charge in [-0.3, -0.25) is 4.57 Å². The van der Waals surface area contributed by atoms with Crippen molar-refractivity contribution in [3.63, 3.8) is 0 Å². The van der Waals surface area contributed by atoms with Crippen molar-refractivity contribution in [3.8, 4) is 5.95 Å². The molecule has 4 heterocycles. The summed E-state index contributed by atoms with van der Waals surface area (Å²) in [5, 5.41) is 49.9. The molecule has 3 aromatic rings. The van der Waals surface area contributed by atoms with Gasteiger partial charge in [-0.25, -0.2) is 9.78 Å². The van der Waals surface area contributed by atoms with Crippen molar-refractivity contribution in [2.75, 3.05) is 11.9 Å². The maximum Gasteiger partial charge on any atom is 0.358 e. The molecule has 1 saturated carbocycles. The molecule has 4 unspecified atom stereocenters. The van der Waals surface area contributed by atoms with Gasteiger partial charge in [-0.1, -0.05) is 18.1 Å². The second-order valence-electron chi connectivity index (χ2n) is 7.90. The molecule has 0 spiro atoms. The Hall–Kier alpha value is -3.20. The number of aromatic nitrogens is 7. The SMILES string of the molecule is O=C(O)c1cn(-c2nc(NC3CCCC3)c3ncn(C4OC(CO)C(O)C4O)c3n2)nn1. The average molecular weight is 446 g/mol. The first-order valence-corrected chi connectivity index (χ1v) is 10.3. The predicted molar refractivity (Wildman–Crippen MR) is 106 cm³/mol. The summed E-state index contributed by atoms with van der Waals surface area (Å²) in [5.74, 6) is -0.764. The van der Waals surface area contributed by atoms with Gasteiger partial charge in [0.1, 0.15) is 18.3 Å². The molecule has 1 aliphatic carbocycles. The number of hydrogen-bond acceptors (Lipinski definition) is 11. The van der Waals surface area contributed by atoms with E-state index >= 15 is 0 Å². The van der Waals surface area contributed by atoms with E-state index in [1.807, 2.05) is 0 Å². The van der Waals surface area contributed by atoms with Gasteiger partial charge in [0, 0.05) is 6.04 Å². The van der Waals surface area contributed by atoms with E-state index in [1.165, 1.54) is 17.1 Å². The average Bonchev–Trinajstić information content (AvgIpc) is 3.56. The third kappa shape index (κ3) is 3.46. The van der Waals surface area contributed by atoms with Gasteiger partial charge in [0.2, 0.25) is 0 Å². The van der Waals surface area contributed by atoms with Gasteiger partial charge in [-0.05, 0) is 12.8 Å². The first kappa shape index (κ1) is 20.7. The van der Waals surface area contributed by atoms with Crippen molar-refractivity contribution in [2.24, 2.45) is 0 Å². The molecule has 14 heteroatoms. The molecule has 0 amide bonds. The van der Waals surface area contributed by atoms with Crippen LogP contribution in [0.25, 0.3) is 17.1 Å². The van der Waals surface area contributed by atoms with Crippen LogP contribution >= 0.6 is 0 Å². The standard InChI is InChI=1S/C18H22N8O6/c27-6-10-12(28)13(29)16(32-10)25-7-19-11-14(20-8-3-1-2-4-8)21-18(22-15(11)25)26-5-9(17(30)31)23-24-26/h5,7-8,10,12-13,16,27-29H,1-4,6H2,(H,30,31)(H,20,21,22). The normalized spacial score (nSPS) is 26.2. The molecule has 0 radical (unpaired) electrons. The van der Waals surface area contributed by atoms with E-state index in [-0.39, 0.29) is 23.3 Å². The lowest BCUT2D eigenvalue weighted by Crippen LogP contribution is -2.33. The van der Waals surface area contributed by atoms with Crippen LogP contribution in [0, 0.1) is 0 Å². The minimum atomic E-state index is -1.32. The maximum absolute atomic E-state index is 11.2. The minimum absolute atomic E-state index is 0.0477. The molecule has 2 fully saturated rings. The monoisotopic (exact) mass is 446 g/mol. The van der Waals surface area contributed by atoms with E-state index in [1.54, 1.807) is 0 Å². The van der Waals surface area contributed by atoms with Crippen LogP contribution in [0.1, 0.15) is 42.4 Å². The summed E-state index contributed by atoms with van der Waals surface area (Å²) in [5.41, 5.74) is 0.422. The van der Waals surface area contributed by atoms with Gasteiger partial charge >= 0.3 is 5.97 Å². The summed E-state index contributed by atoms with van der Waals surface area (Å²) in [6, 6.07) is 0.199. The Balaban J connectivity index is 1.61. The number of rotatable bonds is 6. The Kier molecular flexibility index (Phi) is 5.21. The van der Waals surface area contributed by atoms with Crippen molar-refractivity contribution in [3.05, 3.63) is 18.2 Å². The Morgan fingerprint density at radius 2 is 2.00 bits per heavy atom. The van der Waals surface area contributed by atoms with Crippen molar-refractivity contribution in [1.82, 2.24) is 34.5 Å². The topological polar surface area (TPSA) is 194 Å². The molecule has 170 valence electrons. The highest BCUT2D eigenvalue weighted by Gasteiger charge is 2.44. The molecule has 3 aromatic heterocycles. The fourth-order valence-electron chi connectivity index (χ4n) is 4.13. The Morgan fingerprint density at radius 3 is 2.66 bits per heavy atom. The number of nitrogens with one attached hydrogen (secondary N) is 1. The number of carboxylic acid groups (broad SMARTS) is 1.